The summed E-state index contributed by atoms with van der Waals surface area (Å²) < 4.78 is 40.2. The molecule has 3 N–H and O–H groups in total. The van der Waals surface area contributed by atoms with Crippen molar-refractivity contribution < 1.29 is 27.8 Å². The Hall–Kier alpha value is -2.78. The van der Waals surface area contributed by atoms with E-state index in [0.29, 0.717) is 29.6 Å². The first-order chi connectivity index (χ1) is 12.5. The molecular weight excluding hydrogens is 350 g/mol. The average molecular weight is 372 g/mol. The lowest BCUT2D eigenvalue weighted by molar-refractivity contribution is -0.120. The number of benzene rings is 1. The van der Waals surface area contributed by atoms with Gasteiger partial charge in [-0.1, -0.05) is 6.92 Å². The summed E-state index contributed by atoms with van der Waals surface area (Å²) in [5, 5.41) is 8.51. The van der Waals surface area contributed by atoms with Crippen LogP contribution in [0.5, 0.6) is 17.2 Å². The Balaban J connectivity index is 1.97. The molecule has 0 unspecified atom stereocenters. The molecule has 1 aromatic carbocycles. The molecular formula is C16H22F2N4O4. The molecule has 0 radical (unpaired) electrons. The normalized spacial score (nSPS) is 12.9. The highest BCUT2D eigenvalue weighted by Gasteiger charge is 2.20. The van der Waals surface area contributed by atoms with Crippen molar-refractivity contribution in [3.63, 3.8) is 0 Å². The van der Waals surface area contributed by atoms with E-state index in [1.165, 1.54) is 13.1 Å². The number of guanidine groups is 1. The molecule has 1 amide bonds. The minimum Gasteiger partial charge on any atom is -0.454 e. The van der Waals surface area contributed by atoms with Crippen LogP contribution >= 0.6 is 0 Å². The molecule has 1 aliphatic rings. The summed E-state index contributed by atoms with van der Waals surface area (Å²) >= 11 is 0. The molecule has 8 nitrogen and oxygen atoms in total. The van der Waals surface area contributed by atoms with Crippen LogP contribution in [0.3, 0.4) is 0 Å². The zero-order valence-electron chi connectivity index (χ0n) is 14.6. The molecule has 0 aromatic heterocycles. The van der Waals surface area contributed by atoms with Gasteiger partial charge in [0.15, 0.2) is 17.5 Å². The number of halogens is 2. The fraction of sp³-hybridized carbons (Fsp3) is 0.500. The summed E-state index contributed by atoms with van der Waals surface area (Å²) in [6, 6.07) is 2.92. The molecule has 0 aliphatic carbocycles. The molecule has 10 heteroatoms. The van der Waals surface area contributed by atoms with Gasteiger partial charge in [0.2, 0.25) is 12.7 Å². The summed E-state index contributed by atoms with van der Waals surface area (Å²) in [7, 11) is 1.54. The van der Waals surface area contributed by atoms with E-state index in [1.54, 1.807) is 6.07 Å². The maximum absolute atomic E-state index is 12.6. The smallest absolute Gasteiger partial charge is 0.387 e. The topological polar surface area (TPSA) is 93.2 Å². The minimum absolute atomic E-state index is 0.0205. The highest BCUT2D eigenvalue weighted by molar-refractivity contribution is 5.86. The van der Waals surface area contributed by atoms with Crippen molar-refractivity contribution in [1.29, 1.82) is 0 Å². The summed E-state index contributed by atoms with van der Waals surface area (Å²) in [4.78, 5) is 15.6. The highest BCUT2D eigenvalue weighted by Crippen LogP contribution is 2.38. The summed E-state index contributed by atoms with van der Waals surface area (Å²) in [6.07, 6.45) is 0.843. The van der Waals surface area contributed by atoms with Crippen LogP contribution in [-0.4, -0.2) is 45.4 Å². The van der Waals surface area contributed by atoms with E-state index in [4.69, 9.17) is 9.47 Å². The Morgan fingerprint density at radius 3 is 2.65 bits per heavy atom. The van der Waals surface area contributed by atoms with E-state index in [-0.39, 0.29) is 31.5 Å². The maximum atomic E-state index is 12.6. The number of rotatable bonds is 8. The number of fused-ring (bicyclic) bond motifs is 1. The van der Waals surface area contributed by atoms with Crippen molar-refractivity contribution in [2.75, 3.05) is 26.9 Å². The van der Waals surface area contributed by atoms with Crippen LogP contribution in [0.15, 0.2) is 17.1 Å². The van der Waals surface area contributed by atoms with Gasteiger partial charge in [-0.2, -0.15) is 8.78 Å². The van der Waals surface area contributed by atoms with E-state index in [1.807, 2.05) is 6.92 Å². The average Bonchev–Trinajstić information content (AvgIpc) is 3.06. The number of hydrogen-bond donors (Lipinski definition) is 3. The van der Waals surface area contributed by atoms with Crippen molar-refractivity contribution in [2.45, 2.75) is 26.5 Å². The lowest BCUT2D eigenvalue weighted by Gasteiger charge is -2.15. The third kappa shape index (κ3) is 5.64. The van der Waals surface area contributed by atoms with Gasteiger partial charge in [0.05, 0.1) is 6.54 Å². The zero-order valence-corrected chi connectivity index (χ0v) is 14.6. The molecule has 0 bridgehead atoms. The van der Waals surface area contributed by atoms with Crippen molar-refractivity contribution in [2.24, 2.45) is 4.99 Å². The first-order valence-corrected chi connectivity index (χ1v) is 8.12. The Morgan fingerprint density at radius 2 is 2.00 bits per heavy atom. The van der Waals surface area contributed by atoms with Gasteiger partial charge in [-0.25, -0.2) is 0 Å². The molecule has 144 valence electrons. The van der Waals surface area contributed by atoms with Gasteiger partial charge in [-0.15, -0.1) is 0 Å². The SMILES string of the molecule is CCCNC(=O)CNC(=NC)NCc1cc2c(cc1OC(F)F)OCO2. The van der Waals surface area contributed by atoms with Crippen LogP contribution in [0.1, 0.15) is 18.9 Å². The second-order valence-electron chi connectivity index (χ2n) is 5.32. The molecule has 0 atom stereocenters. The molecule has 2 rings (SSSR count). The number of hydrogen-bond acceptors (Lipinski definition) is 5. The summed E-state index contributed by atoms with van der Waals surface area (Å²) in [5.41, 5.74) is 0.438. The number of aliphatic imine (C=N–C) groups is 1. The van der Waals surface area contributed by atoms with Crippen molar-refractivity contribution in [3.8, 4) is 17.2 Å². The number of carbonyl (C=O) groups is 1. The number of amides is 1. The van der Waals surface area contributed by atoms with E-state index >= 15 is 0 Å². The van der Waals surface area contributed by atoms with E-state index in [9.17, 15) is 13.6 Å². The van der Waals surface area contributed by atoms with E-state index in [0.717, 1.165) is 6.42 Å². The molecule has 0 fully saturated rings. The third-order valence-electron chi connectivity index (χ3n) is 3.43. The van der Waals surface area contributed by atoms with Crippen molar-refractivity contribution >= 4 is 11.9 Å². The Morgan fingerprint density at radius 1 is 1.27 bits per heavy atom. The second kappa shape index (κ2) is 9.64. The van der Waals surface area contributed by atoms with Crippen LogP contribution in [0.2, 0.25) is 0 Å². The van der Waals surface area contributed by atoms with Gasteiger partial charge < -0.3 is 30.2 Å². The van der Waals surface area contributed by atoms with Crippen LogP contribution in [-0.2, 0) is 11.3 Å². The fourth-order valence-electron chi connectivity index (χ4n) is 2.20. The van der Waals surface area contributed by atoms with Crippen LogP contribution < -0.4 is 30.2 Å². The second-order valence-corrected chi connectivity index (χ2v) is 5.32. The fourth-order valence-corrected chi connectivity index (χ4v) is 2.20. The lowest BCUT2D eigenvalue weighted by atomic mass is 10.1. The molecule has 1 aliphatic heterocycles. The van der Waals surface area contributed by atoms with Gasteiger partial charge in [0.25, 0.3) is 0 Å². The quantitative estimate of drug-likeness (QED) is 0.469. The van der Waals surface area contributed by atoms with E-state index < -0.39 is 6.61 Å². The maximum Gasteiger partial charge on any atom is 0.387 e. The molecule has 0 spiro atoms. The first-order valence-electron chi connectivity index (χ1n) is 8.12. The number of nitrogens with one attached hydrogen (secondary N) is 3. The Labute approximate surface area is 149 Å². The predicted octanol–water partition coefficient (Wildman–Crippen LogP) is 1.21. The van der Waals surface area contributed by atoms with Gasteiger partial charge in [-0.3, -0.25) is 9.79 Å². The zero-order chi connectivity index (χ0) is 18.9. The lowest BCUT2D eigenvalue weighted by Crippen LogP contribution is -2.43. The van der Waals surface area contributed by atoms with E-state index in [2.05, 4.69) is 25.7 Å². The van der Waals surface area contributed by atoms with Gasteiger partial charge >= 0.3 is 6.61 Å². The molecule has 1 aromatic rings. The number of alkyl halides is 2. The highest BCUT2D eigenvalue weighted by atomic mass is 19.3. The van der Waals surface area contributed by atoms with Gasteiger partial charge in [-0.05, 0) is 12.5 Å². The third-order valence-corrected chi connectivity index (χ3v) is 3.43. The Bertz CT molecular complexity index is 655. The molecule has 26 heavy (non-hydrogen) atoms. The number of carbonyl (C=O) groups excluding carboxylic acids is 1. The monoisotopic (exact) mass is 372 g/mol. The number of nitrogens with zero attached hydrogens (tertiary/aromatic N) is 1. The summed E-state index contributed by atoms with van der Waals surface area (Å²) in [5.74, 6) is 0.953. The van der Waals surface area contributed by atoms with Gasteiger partial charge in [0, 0.05) is 31.8 Å². The minimum atomic E-state index is -2.96. The van der Waals surface area contributed by atoms with Crippen molar-refractivity contribution in [3.05, 3.63) is 17.7 Å². The Kier molecular flexibility index (Phi) is 7.24. The molecule has 0 saturated carbocycles. The van der Waals surface area contributed by atoms with Gasteiger partial charge in [0.1, 0.15) is 5.75 Å². The largest absolute Gasteiger partial charge is 0.454 e. The van der Waals surface area contributed by atoms with Crippen LogP contribution in [0.25, 0.3) is 0 Å². The number of ether oxygens (including phenoxy) is 3. The molecule has 0 saturated heterocycles. The first kappa shape index (κ1) is 19.5. The van der Waals surface area contributed by atoms with Crippen LogP contribution in [0, 0.1) is 0 Å². The van der Waals surface area contributed by atoms with Crippen LogP contribution in [0.4, 0.5) is 8.78 Å². The van der Waals surface area contributed by atoms with Crippen molar-refractivity contribution in [1.82, 2.24) is 16.0 Å². The predicted molar refractivity (Wildman–Crippen MR) is 90.7 cm³/mol. The summed E-state index contributed by atoms with van der Waals surface area (Å²) in [6.45, 7) is -0.211. The molecule has 1 heterocycles. The standard InChI is InChI=1S/C16H22F2N4O4/c1-3-4-20-14(23)8-22-16(19-2)21-7-10-5-12-13(25-9-24-12)6-11(10)26-15(17)18/h5-6,15H,3-4,7-9H2,1-2H3,(H,20,23)(H2,19,21,22).